The first-order valence-corrected chi connectivity index (χ1v) is 7.22. The molecule has 5 nitrogen and oxygen atoms in total. The molecule has 1 aliphatic rings. The smallest absolute Gasteiger partial charge is 0.252 e. The zero-order valence-corrected chi connectivity index (χ0v) is 10.3. The van der Waals surface area contributed by atoms with Crippen molar-refractivity contribution >= 4 is 27.3 Å². The van der Waals surface area contributed by atoms with Gasteiger partial charge in [-0.25, -0.2) is 13.6 Å². The maximum Gasteiger partial charge on any atom is 0.252 e. The van der Waals surface area contributed by atoms with E-state index in [0.29, 0.717) is 11.5 Å². The molecule has 88 valence electrons. The number of rotatable bonds is 3. The van der Waals surface area contributed by atoms with Crippen molar-refractivity contribution < 1.29 is 13.2 Å². The summed E-state index contributed by atoms with van der Waals surface area (Å²) >= 11 is 0.959. The van der Waals surface area contributed by atoms with Crippen LogP contribution in [0.15, 0.2) is 15.7 Å². The van der Waals surface area contributed by atoms with Crippen molar-refractivity contribution in [1.29, 1.82) is 0 Å². The molecule has 1 aromatic heterocycles. The molecular weight excluding hydrogens is 248 g/mol. The first kappa shape index (κ1) is 11.6. The highest BCUT2D eigenvalue weighted by atomic mass is 32.2. The highest BCUT2D eigenvalue weighted by molar-refractivity contribution is 7.91. The average Bonchev–Trinajstić information content (AvgIpc) is 2.70. The summed E-state index contributed by atoms with van der Waals surface area (Å²) in [5.74, 6) is 0.279. The van der Waals surface area contributed by atoms with Gasteiger partial charge in [-0.3, -0.25) is 4.79 Å². The Kier molecular flexibility index (Phi) is 2.77. The van der Waals surface area contributed by atoms with Gasteiger partial charge >= 0.3 is 0 Å². The number of thiophene rings is 1. The molecule has 0 saturated heterocycles. The van der Waals surface area contributed by atoms with Crippen molar-refractivity contribution in [2.45, 2.75) is 23.6 Å². The van der Waals surface area contributed by atoms with Gasteiger partial charge < -0.3 is 5.32 Å². The van der Waals surface area contributed by atoms with Crippen molar-refractivity contribution in [1.82, 2.24) is 5.32 Å². The quantitative estimate of drug-likeness (QED) is 0.831. The van der Waals surface area contributed by atoms with E-state index in [1.807, 2.05) is 6.92 Å². The highest BCUT2D eigenvalue weighted by Gasteiger charge is 2.34. The van der Waals surface area contributed by atoms with E-state index in [1.165, 1.54) is 11.4 Å². The predicted octanol–water partition coefficient (Wildman–Crippen LogP) is 0.534. The van der Waals surface area contributed by atoms with Crippen LogP contribution in [-0.2, 0) is 10.0 Å². The van der Waals surface area contributed by atoms with Crippen molar-refractivity contribution in [2.24, 2.45) is 11.1 Å². The van der Waals surface area contributed by atoms with Crippen LogP contribution in [0.4, 0.5) is 0 Å². The number of hydrogen-bond acceptors (Lipinski definition) is 4. The highest BCUT2D eigenvalue weighted by Crippen LogP contribution is 2.29. The first-order valence-electron chi connectivity index (χ1n) is 4.80. The van der Waals surface area contributed by atoms with Gasteiger partial charge in [-0.15, -0.1) is 11.3 Å². The van der Waals surface area contributed by atoms with E-state index in [9.17, 15) is 13.2 Å². The topological polar surface area (TPSA) is 89.3 Å². The van der Waals surface area contributed by atoms with Gasteiger partial charge in [0, 0.05) is 11.4 Å². The van der Waals surface area contributed by atoms with Crippen LogP contribution >= 0.6 is 11.3 Å². The lowest BCUT2D eigenvalue weighted by Crippen LogP contribution is -2.26. The molecule has 0 aliphatic heterocycles. The maximum atomic E-state index is 11.6. The fourth-order valence-corrected chi connectivity index (χ4v) is 2.94. The zero-order valence-electron chi connectivity index (χ0n) is 8.64. The molecule has 1 saturated carbocycles. The van der Waals surface area contributed by atoms with Gasteiger partial charge in [-0.2, -0.15) is 0 Å². The second kappa shape index (κ2) is 3.83. The molecule has 7 heteroatoms. The molecule has 3 N–H and O–H groups in total. The number of nitrogens with two attached hydrogens (primary N) is 1. The molecule has 1 fully saturated rings. The molecule has 0 radical (unpaired) electrons. The van der Waals surface area contributed by atoms with E-state index < -0.39 is 10.0 Å². The van der Waals surface area contributed by atoms with E-state index in [1.54, 1.807) is 0 Å². The number of sulfonamides is 1. The van der Waals surface area contributed by atoms with Crippen molar-refractivity contribution in [3.63, 3.8) is 0 Å². The summed E-state index contributed by atoms with van der Waals surface area (Å²) in [5, 5.41) is 9.28. The fraction of sp³-hybridized carbons (Fsp3) is 0.444. The number of nitrogens with one attached hydrogen (secondary N) is 1. The molecule has 2 rings (SSSR count). The average molecular weight is 260 g/mol. The third-order valence-corrected chi connectivity index (χ3v) is 4.93. The first-order chi connectivity index (χ1) is 7.38. The summed E-state index contributed by atoms with van der Waals surface area (Å²) in [6.45, 7) is 2.05. The van der Waals surface area contributed by atoms with E-state index in [0.717, 1.165) is 17.8 Å². The number of hydrogen-bond donors (Lipinski definition) is 2. The fourth-order valence-electron chi connectivity index (χ4n) is 1.36. The molecule has 1 aromatic rings. The molecule has 0 bridgehead atoms. The van der Waals surface area contributed by atoms with Crippen LogP contribution in [0.5, 0.6) is 0 Å². The van der Waals surface area contributed by atoms with Gasteiger partial charge in [-0.05, 0) is 18.4 Å². The van der Waals surface area contributed by atoms with Gasteiger partial charge in [0.25, 0.3) is 5.91 Å². The second-order valence-electron chi connectivity index (χ2n) is 3.99. The Morgan fingerprint density at radius 3 is 2.69 bits per heavy atom. The normalized spacial score (nSPS) is 24.1. The Balaban J connectivity index is 2.10. The summed E-state index contributed by atoms with van der Waals surface area (Å²) in [7, 11) is -3.70. The molecule has 0 spiro atoms. The molecule has 16 heavy (non-hydrogen) atoms. The Morgan fingerprint density at radius 2 is 2.25 bits per heavy atom. The van der Waals surface area contributed by atoms with Crippen molar-refractivity contribution in [3.05, 3.63) is 17.0 Å². The number of carbonyl (C=O) groups excluding carboxylic acids is 1. The summed E-state index contributed by atoms with van der Waals surface area (Å²) in [5.41, 5.74) is 0.355. The number of amides is 1. The summed E-state index contributed by atoms with van der Waals surface area (Å²) in [6.07, 6.45) is 0.984. The zero-order chi connectivity index (χ0) is 11.9. The summed E-state index contributed by atoms with van der Waals surface area (Å²) in [4.78, 5) is 11.6. The second-order valence-corrected chi connectivity index (χ2v) is 6.69. The molecule has 2 unspecified atom stereocenters. The third-order valence-electron chi connectivity index (χ3n) is 2.54. The van der Waals surface area contributed by atoms with Crippen molar-refractivity contribution in [2.75, 3.05) is 0 Å². The molecule has 0 aromatic carbocycles. The minimum absolute atomic E-state index is 0.0153. The van der Waals surface area contributed by atoms with E-state index in [4.69, 9.17) is 5.14 Å². The number of carbonyl (C=O) groups is 1. The lowest BCUT2D eigenvalue weighted by Gasteiger charge is -2.00. The Labute approximate surface area is 97.7 Å². The lowest BCUT2D eigenvalue weighted by molar-refractivity contribution is 0.0949. The Hall–Kier alpha value is -0.920. The predicted molar refractivity (Wildman–Crippen MR) is 60.7 cm³/mol. The van der Waals surface area contributed by atoms with Crippen LogP contribution < -0.4 is 10.5 Å². The molecule has 1 heterocycles. The minimum atomic E-state index is -3.70. The van der Waals surface area contributed by atoms with E-state index in [2.05, 4.69) is 5.32 Å². The van der Waals surface area contributed by atoms with Gasteiger partial charge in [0.05, 0.1) is 5.56 Å². The van der Waals surface area contributed by atoms with Gasteiger partial charge in [-0.1, -0.05) is 6.92 Å². The number of primary sulfonamides is 1. The monoisotopic (exact) mass is 260 g/mol. The Morgan fingerprint density at radius 1 is 1.62 bits per heavy atom. The molecule has 2 atom stereocenters. The van der Waals surface area contributed by atoms with E-state index >= 15 is 0 Å². The molecular formula is C9H12N2O3S2. The van der Waals surface area contributed by atoms with Gasteiger partial charge in [0.1, 0.15) is 4.21 Å². The third kappa shape index (κ3) is 2.42. The van der Waals surface area contributed by atoms with Crippen LogP contribution in [0.3, 0.4) is 0 Å². The lowest BCUT2D eigenvalue weighted by atomic mass is 10.3. The van der Waals surface area contributed by atoms with Gasteiger partial charge in [0.15, 0.2) is 0 Å². The van der Waals surface area contributed by atoms with E-state index in [-0.39, 0.29) is 16.2 Å². The van der Waals surface area contributed by atoms with Crippen molar-refractivity contribution in [3.8, 4) is 0 Å². The summed E-state index contributed by atoms with van der Waals surface area (Å²) < 4.78 is 22.0. The van der Waals surface area contributed by atoms with Crippen LogP contribution in [0.1, 0.15) is 23.7 Å². The molecule has 1 amide bonds. The van der Waals surface area contributed by atoms with Crippen LogP contribution in [0, 0.1) is 5.92 Å². The molecule has 1 aliphatic carbocycles. The SMILES string of the molecule is CC1CC1NC(=O)c1csc(S(N)(=O)=O)c1. The standard InChI is InChI=1S/C9H12N2O3S2/c1-5-2-7(5)11-9(12)6-3-8(15-4-6)16(10,13)14/h3-5,7H,2H2,1H3,(H,11,12)(H2,10,13,14). The van der Waals surface area contributed by atoms with Crippen LogP contribution in [-0.4, -0.2) is 20.4 Å². The Bertz CT molecular complexity index is 521. The largest absolute Gasteiger partial charge is 0.349 e. The van der Waals surface area contributed by atoms with Crippen LogP contribution in [0.2, 0.25) is 0 Å². The van der Waals surface area contributed by atoms with Gasteiger partial charge in [0.2, 0.25) is 10.0 Å². The minimum Gasteiger partial charge on any atom is -0.349 e. The van der Waals surface area contributed by atoms with Crippen LogP contribution in [0.25, 0.3) is 0 Å². The summed E-state index contributed by atoms with van der Waals surface area (Å²) in [6, 6.07) is 1.54. The maximum absolute atomic E-state index is 11.6.